The summed E-state index contributed by atoms with van der Waals surface area (Å²) in [6, 6.07) is 0. The lowest BCUT2D eigenvalue weighted by Gasteiger charge is -2.00. The van der Waals surface area contributed by atoms with Gasteiger partial charge in [-0.2, -0.15) is 0 Å². The van der Waals surface area contributed by atoms with E-state index in [1.165, 1.54) is 0 Å². The van der Waals surface area contributed by atoms with Gasteiger partial charge in [-0.25, -0.2) is 4.98 Å². The van der Waals surface area contributed by atoms with Crippen molar-refractivity contribution in [2.24, 2.45) is 0 Å². The first-order valence-corrected chi connectivity index (χ1v) is 3.53. The van der Waals surface area contributed by atoms with Gasteiger partial charge < -0.3 is 9.67 Å². The average Bonchev–Trinajstić information content (AvgIpc) is 2.44. The zero-order chi connectivity index (χ0) is 6.97. The summed E-state index contributed by atoms with van der Waals surface area (Å²) >= 11 is 0. The molecule has 0 radical (unpaired) electrons. The van der Waals surface area contributed by atoms with Crippen molar-refractivity contribution in [2.45, 2.75) is 18.9 Å². The first-order chi connectivity index (χ1) is 4.92. The van der Waals surface area contributed by atoms with Crippen molar-refractivity contribution in [3.05, 3.63) is 18.2 Å². The fraction of sp³-hybridized carbons (Fsp3) is 0.571. The predicted octanol–water partition coefficient (Wildman–Crippen LogP) is 0.941. The van der Waals surface area contributed by atoms with Crippen LogP contribution in [0.5, 0.6) is 0 Å². The van der Waals surface area contributed by atoms with Crippen LogP contribution in [0, 0.1) is 0 Å². The fourth-order valence-electron chi connectivity index (χ4n) is 1.47. The molecule has 1 aliphatic rings. The number of fused-ring (bicyclic) bond motifs is 1. The number of hydrogen-bond acceptors (Lipinski definition) is 2. The Morgan fingerprint density at radius 3 is 3.27 bits per heavy atom. The fourth-order valence-corrected chi connectivity index (χ4v) is 1.47. The van der Waals surface area contributed by atoms with Gasteiger partial charge in [0.2, 0.25) is 0 Å². The highest BCUT2D eigenvalue weighted by Crippen LogP contribution is 2.24. The lowest BCUT2D eigenvalue weighted by atomic mass is 10.1. The van der Waals surface area contributed by atoms with Crippen LogP contribution in [0.3, 0.4) is 0 Å². The number of aryl methyl sites for hydroxylation is 1. The van der Waals surface area contributed by atoms with Gasteiger partial charge >= 0.3 is 0 Å². The van der Waals surface area contributed by atoms with Crippen LogP contribution in [0.15, 0.2) is 12.4 Å². The molecular weight excluding hydrogens is 208 g/mol. The number of halogens is 1. The van der Waals surface area contributed by atoms with Crippen molar-refractivity contribution in [3.63, 3.8) is 0 Å². The number of aromatic nitrogens is 2. The van der Waals surface area contributed by atoms with E-state index in [4.69, 9.17) is 5.11 Å². The van der Waals surface area contributed by atoms with Crippen LogP contribution in [0.2, 0.25) is 0 Å². The Morgan fingerprint density at radius 1 is 1.73 bits per heavy atom. The molecule has 4 heteroatoms. The van der Waals surface area contributed by atoms with Crippen LogP contribution in [-0.2, 0) is 6.54 Å². The van der Waals surface area contributed by atoms with E-state index in [1.807, 2.05) is 6.20 Å². The minimum atomic E-state index is 0. The maximum Gasteiger partial charge on any atom is 0.114 e. The Hall–Kier alpha value is -0.350. The Morgan fingerprint density at radius 2 is 2.55 bits per heavy atom. The molecular formula is C7H11BrN2O. The summed E-state index contributed by atoms with van der Waals surface area (Å²) in [5.41, 5.74) is 0. The minimum Gasteiger partial charge on any atom is -0.396 e. The molecule has 1 N–H and O–H groups in total. The number of hydrogen-bond donors (Lipinski definition) is 1. The Bertz CT molecular complexity index is 236. The molecule has 3 nitrogen and oxygen atoms in total. The second-order valence-corrected chi connectivity index (χ2v) is 2.65. The smallest absolute Gasteiger partial charge is 0.114 e. The van der Waals surface area contributed by atoms with Crippen LogP contribution in [0.4, 0.5) is 0 Å². The predicted molar refractivity (Wildman–Crippen MR) is 47.0 cm³/mol. The maximum atomic E-state index is 8.88. The molecule has 2 heterocycles. The molecule has 1 unspecified atom stereocenters. The third kappa shape index (κ3) is 1.32. The summed E-state index contributed by atoms with van der Waals surface area (Å²) in [6.45, 7) is 1.25. The number of nitrogens with zero attached hydrogens (tertiary/aromatic N) is 2. The number of aliphatic hydroxyl groups is 1. The highest BCUT2D eigenvalue weighted by molar-refractivity contribution is 8.93. The van der Waals surface area contributed by atoms with Gasteiger partial charge in [0.25, 0.3) is 0 Å². The lowest BCUT2D eigenvalue weighted by molar-refractivity contribution is 0.263. The van der Waals surface area contributed by atoms with E-state index in [0.29, 0.717) is 0 Å². The molecule has 0 bridgehead atoms. The van der Waals surface area contributed by atoms with E-state index in [-0.39, 0.29) is 29.5 Å². The van der Waals surface area contributed by atoms with Gasteiger partial charge in [0, 0.05) is 24.9 Å². The number of aliphatic hydroxyl groups excluding tert-OH is 1. The van der Waals surface area contributed by atoms with Crippen molar-refractivity contribution in [3.8, 4) is 0 Å². The Labute approximate surface area is 75.8 Å². The first kappa shape index (κ1) is 8.74. The monoisotopic (exact) mass is 218 g/mol. The first-order valence-electron chi connectivity index (χ1n) is 3.53. The van der Waals surface area contributed by atoms with E-state index in [2.05, 4.69) is 9.55 Å². The number of imidazole rings is 1. The van der Waals surface area contributed by atoms with Gasteiger partial charge in [0.05, 0.1) is 6.61 Å². The SMILES string of the molecule is Br.OCC1CCn2ccnc21. The average molecular weight is 219 g/mol. The zero-order valence-electron chi connectivity index (χ0n) is 6.10. The maximum absolute atomic E-state index is 8.88. The normalized spacial score (nSPS) is 21.0. The van der Waals surface area contributed by atoms with E-state index < -0.39 is 0 Å². The summed E-state index contributed by atoms with van der Waals surface area (Å²) < 4.78 is 2.10. The van der Waals surface area contributed by atoms with Crippen LogP contribution < -0.4 is 0 Å². The highest BCUT2D eigenvalue weighted by Gasteiger charge is 2.21. The molecule has 0 amide bonds. The molecule has 1 aromatic heterocycles. The minimum absolute atomic E-state index is 0. The second kappa shape index (κ2) is 3.36. The summed E-state index contributed by atoms with van der Waals surface area (Å²) in [7, 11) is 0. The molecule has 1 aliphatic heterocycles. The van der Waals surface area contributed by atoms with Crippen molar-refractivity contribution in [1.82, 2.24) is 9.55 Å². The summed E-state index contributed by atoms with van der Waals surface area (Å²) in [4.78, 5) is 4.15. The van der Waals surface area contributed by atoms with Crippen molar-refractivity contribution in [1.29, 1.82) is 0 Å². The number of rotatable bonds is 1. The molecule has 62 valence electrons. The van der Waals surface area contributed by atoms with E-state index in [1.54, 1.807) is 6.20 Å². The van der Waals surface area contributed by atoms with Gasteiger partial charge in [-0.1, -0.05) is 0 Å². The Balaban J connectivity index is 0.000000605. The van der Waals surface area contributed by atoms with Gasteiger partial charge in [-0.15, -0.1) is 17.0 Å². The largest absolute Gasteiger partial charge is 0.396 e. The van der Waals surface area contributed by atoms with Crippen LogP contribution in [0.1, 0.15) is 18.2 Å². The molecule has 0 saturated heterocycles. The van der Waals surface area contributed by atoms with Crippen molar-refractivity contribution in [2.75, 3.05) is 6.61 Å². The van der Waals surface area contributed by atoms with Gasteiger partial charge in [-0.3, -0.25) is 0 Å². The van der Waals surface area contributed by atoms with Crippen molar-refractivity contribution >= 4 is 17.0 Å². The molecule has 0 aliphatic carbocycles. The molecule has 0 spiro atoms. The molecule has 2 rings (SSSR count). The molecule has 1 atom stereocenters. The van der Waals surface area contributed by atoms with E-state index in [0.717, 1.165) is 18.8 Å². The summed E-state index contributed by atoms with van der Waals surface area (Å²) in [5, 5.41) is 8.88. The summed E-state index contributed by atoms with van der Waals surface area (Å²) in [6.07, 6.45) is 4.79. The van der Waals surface area contributed by atoms with Crippen LogP contribution in [-0.4, -0.2) is 21.3 Å². The van der Waals surface area contributed by atoms with Crippen LogP contribution in [0.25, 0.3) is 0 Å². The molecule has 0 aromatic carbocycles. The third-order valence-corrected chi connectivity index (χ3v) is 2.05. The third-order valence-electron chi connectivity index (χ3n) is 2.05. The quantitative estimate of drug-likeness (QED) is 0.763. The van der Waals surface area contributed by atoms with E-state index in [9.17, 15) is 0 Å². The molecule has 11 heavy (non-hydrogen) atoms. The van der Waals surface area contributed by atoms with Crippen molar-refractivity contribution < 1.29 is 5.11 Å². The van der Waals surface area contributed by atoms with E-state index >= 15 is 0 Å². The zero-order valence-corrected chi connectivity index (χ0v) is 7.82. The van der Waals surface area contributed by atoms with Gasteiger partial charge in [0.1, 0.15) is 5.82 Å². The topological polar surface area (TPSA) is 38.0 Å². The van der Waals surface area contributed by atoms with Crippen LogP contribution >= 0.6 is 17.0 Å². The second-order valence-electron chi connectivity index (χ2n) is 2.65. The molecule has 1 aromatic rings. The van der Waals surface area contributed by atoms with Gasteiger partial charge in [-0.05, 0) is 6.42 Å². The van der Waals surface area contributed by atoms with Gasteiger partial charge in [0.15, 0.2) is 0 Å². The highest BCUT2D eigenvalue weighted by atomic mass is 79.9. The standard InChI is InChI=1S/C7H10N2O.BrH/c10-5-6-1-3-9-4-2-8-7(6)9;/h2,4,6,10H,1,3,5H2;1H. The molecule has 0 fully saturated rings. The molecule has 0 saturated carbocycles. The Kier molecular flexibility index (Phi) is 2.67. The summed E-state index contributed by atoms with van der Waals surface area (Å²) in [5.74, 6) is 1.33. The lowest BCUT2D eigenvalue weighted by Crippen LogP contribution is -2.00.